The van der Waals surface area contributed by atoms with Crippen LogP contribution in [0, 0.1) is 0 Å². The molecule has 9 nitrogen and oxygen atoms in total. The minimum atomic E-state index is -0.496. The van der Waals surface area contributed by atoms with E-state index in [1.165, 1.54) is 23.4 Å². The van der Waals surface area contributed by atoms with Crippen molar-refractivity contribution in [2.24, 2.45) is 0 Å². The molecule has 0 fully saturated rings. The Morgan fingerprint density at radius 1 is 1.29 bits per heavy atom. The van der Waals surface area contributed by atoms with Gasteiger partial charge in [0.15, 0.2) is 11.0 Å². The van der Waals surface area contributed by atoms with Crippen molar-refractivity contribution in [2.75, 3.05) is 7.11 Å². The van der Waals surface area contributed by atoms with Crippen molar-refractivity contribution in [1.82, 2.24) is 19.7 Å². The Labute approximate surface area is 181 Å². The molecule has 0 spiro atoms. The largest absolute Gasteiger partial charge is 0.467 e. The van der Waals surface area contributed by atoms with Crippen LogP contribution in [0.1, 0.15) is 46.9 Å². The Kier molecular flexibility index (Phi) is 5.90. The monoisotopic (exact) mass is 440 g/mol. The number of benzene rings is 1. The molecule has 1 aromatic carbocycles. The summed E-state index contributed by atoms with van der Waals surface area (Å²) in [4.78, 5) is 34.3. The van der Waals surface area contributed by atoms with Crippen LogP contribution in [0.3, 0.4) is 0 Å². The molecule has 0 amide bonds. The van der Waals surface area contributed by atoms with Crippen LogP contribution in [0.2, 0.25) is 0 Å². The number of nitrogens with zero attached hydrogens (tertiary/aromatic N) is 4. The van der Waals surface area contributed by atoms with E-state index in [9.17, 15) is 9.59 Å². The molecule has 4 aromatic rings. The third-order valence-corrected chi connectivity index (χ3v) is 5.74. The third-order valence-electron chi connectivity index (χ3n) is 4.67. The average molecular weight is 440 g/mol. The summed E-state index contributed by atoms with van der Waals surface area (Å²) >= 11 is 1.32. The maximum Gasteiger partial charge on any atom is 0.337 e. The fourth-order valence-electron chi connectivity index (χ4n) is 3.02. The van der Waals surface area contributed by atoms with Crippen molar-refractivity contribution in [3.05, 3.63) is 70.0 Å². The minimum absolute atomic E-state index is 0.215. The van der Waals surface area contributed by atoms with Gasteiger partial charge in [-0.05, 0) is 37.3 Å². The molecular weight excluding hydrogens is 420 g/mol. The summed E-state index contributed by atoms with van der Waals surface area (Å²) in [6, 6.07) is 8.24. The van der Waals surface area contributed by atoms with Crippen LogP contribution < -0.4 is 5.56 Å². The van der Waals surface area contributed by atoms with Gasteiger partial charge in [-0.1, -0.05) is 23.8 Å². The molecule has 3 heterocycles. The molecule has 0 aliphatic heterocycles. The van der Waals surface area contributed by atoms with Crippen molar-refractivity contribution in [3.63, 3.8) is 0 Å². The minimum Gasteiger partial charge on any atom is -0.467 e. The standard InChI is InChI=1S/C21H20N4O5S/c1-4-17-23-18(30-24-17)12(2)31-21-22-16-10-13(20(27)28-3)7-8-15(16)19(26)25(21)11-14-6-5-9-29-14/h5-10,12H,4,11H2,1-3H3. The smallest absolute Gasteiger partial charge is 0.337 e. The molecule has 0 bridgehead atoms. The summed E-state index contributed by atoms with van der Waals surface area (Å²) in [6.45, 7) is 4.06. The fraction of sp³-hybridized carbons (Fsp3) is 0.286. The first kappa shape index (κ1) is 20.9. The van der Waals surface area contributed by atoms with E-state index in [2.05, 4.69) is 15.1 Å². The number of fused-ring (bicyclic) bond motifs is 1. The summed E-state index contributed by atoms with van der Waals surface area (Å²) in [5, 5.41) is 4.52. The Hall–Kier alpha value is -3.40. The number of aryl methyl sites for hydroxylation is 1. The summed E-state index contributed by atoms with van der Waals surface area (Å²) < 4.78 is 17.1. The van der Waals surface area contributed by atoms with Crippen LogP contribution in [-0.2, 0) is 17.7 Å². The van der Waals surface area contributed by atoms with Crippen LogP contribution in [0.25, 0.3) is 10.9 Å². The van der Waals surface area contributed by atoms with Gasteiger partial charge >= 0.3 is 5.97 Å². The van der Waals surface area contributed by atoms with Crippen LogP contribution in [0.5, 0.6) is 0 Å². The third kappa shape index (κ3) is 4.24. The van der Waals surface area contributed by atoms with Gasteiger partial charge in [-0.15, -0.1) is 0 Å². The number of ether oxygens (including phenoxy) is 1. The number of methoxy groups -OCH3 is 1. The van der Waals surface area contributed by atoms with Gasteiger partial charge in [0.05, 0.1) is 41.6 Å². The molecule has 0 N–H and O–H groups in total. The molecule has 1 unspecified atom stereocenters. The SMILES string of the molecule is CCc1noc(C(C)Sc2nc3cc(C(=O)OC)ccc3c(=O)n2Cc2ccco2)n1. The highest BCUT2D eigenvalue weighted by molar-refractivity contribution is 7.99. The van der Waals surface area contributed by atoms with Gasteiger partial charge in [-0.25, -0.2) is 9.78 Å². The van der Waals surface area contributed by atoms with Gasteiger partial charge in [-0.3, -0.25) is 9.36 Å². The average Bonchev–Trinajstić information content (AvgIpc) is 3.47. The number of carbonyl (C=O) groups is 1. The van der Waals surface area contributed by atoms with Crippen LogP contribution >= 0.6 is 11.8 Å². The number of hydrogen-bond donors (Lipinski definition) is 0. The van der Waals surface area contributed by atoms with E-state index in [1.807, 2.05) is 13.8 Å². The first-order valence-electron chi connectivity index (χ1n) is 9.64. The van der Waals surface area contributed by atoms with Crippen molar-refractivity contribution in [3.8, 4) is 0 Å². The zero-order valence-electron chi connectivity index (χ0n) is 17.2. The number of rotatable bonds is 7. The quantitative estimate of drug-likeness (QED) is 0.241. The molecular formula is C21H20N4O5S. The first-order valence-corrected chi connectivity index (χ1v) is 10.5. The number of esters is 1. The van der Waals surface area contributed by atoms with Gasteiger partial charge < -0.3 is 13.7 Å². The topological polar surface area (TPSA) is 113 Å². The first-order chi connectivity index (χ1) is 15.0. The van der Waals surface area contributed by atoms with Crippen LogP contribution in [-0.4, -0.2) is 32.8 Å². The number of aromatic nitrogens is 4. The van der Waals surface area contributed by atoms with E-state index >= 15 is 0 Å². The zero-order valence-corrected chi connectivity index (χ0v) is 18.0. The second-order valence-electron chi connectivity index (χ2n) is 6.75. The molecule has 0 aliphatic rings. The second kappa shape index (κ2) is 8.76. The van der Waals surface area contributed by atoms with E-state index in [0.29, 0.717) is 45.5 Å². The van der Waals surface area contributed by atoms with Gasteiger partial charge in [0.25, 0.3) is 5.56 Å². The maximum atomic E-state index is 13.3. The normalized spacial score (nSPS) is 12.2. The molecule has 1 atom stereocenters. The Morgan fingerprint density at radius 2 is 2.13 bits per heavy atom. The summed E-state index contributed by atoms with van der Waals surface area (Å²) in [5.41, 5.74) is 0.476. The highest BCUT2D eigenvalue weighted by Gasteiger charge is 2.21. The molecule has 4 rings (SSSR count). The summed E-state index contributed by atoms with van der Waals surface area (Å²) in [5.74, 6) is 1.19. The molecule has 31 heavy (non-hydrogen) atoms. The fourth-order valence-corrected chi connectivity index (χ4v) is 3.96. The van der Waals surface area contributed by atoms with E-state index in [4.69, 9.17) is 13.7 Å². The lowest BCUT2D eigenvalue weighted by atomic mass is 10.1. The number of hydrogen-bond acceptors (Lipinski definition) is 9. The lowest BCUT2D eigenvalue weighted by Crippen LogP contribution is -2.24. The maximum absolute atomic E-state index is 13.3. The highest BCUT2D eigenvalue weighted by atomic mass is 32.2. The Morgan fingerprint density at radius 3 is 2.81 bits per heavy atom. The molecule has 160 valence electrons. The number of furan rings is 1. The van der Waals surface area contributed by atoms with Crippen molar-refractivity contribution in [2.45, 2.75) is 37.2 Å². The summed E-state index contributed by atoms with van der Waals surface area (Å²) in [7, 11) is 1.30. The lowest BCUT2D eigenvalue weighted by Gasteiger charge is -2.14. The van der Waals surface area contributed by atoms with Gasteiger partial charge in [0.2, 0.25) is 5.89 Å². The van der Waals surface area contributed by atoms with Gasteiger partial charge in [-0.2, -0.15) is 4.98 Å². The van der Waals surface area contributed by atoms with Gasteiger partial charge in [0.1, 0.15) is 5.76 Å². The Bertz CT molecular complexity index is 1280. The highest BCUT2D eigenvalue weighted by Crippen LogP contribution is 2.33. The van der Waals surface area contributed by atoms with Crippen molar-refractivity contribution >= 4 is 28.6 Å². The van der Waals surface area contributed by atoms with E-state index in [1.54, 1.807) is 36.6 Å². The molecule has 0 saturated carbocycles. The van der Waals surface area contributed by atoms with Crippen molar-refractivity contribution in [1.29, 1.82) is 0 Å². The molecule has 0 aliphatic carbocycles. The van der Waals surface area contributed by atoms with Crippen molar-refractivity contribution < 1.29 is 18.5 Å². The lowest BCUT2D eigenvalue weighted by molar-refractivity contribution is 0.0601. The molecule has 3 aromatic heterocycles. The molecule has 10 heteroatoms. The van der Waals surface area contributed by atoms with Gasteiger partial charge in [0, 0.05) is 6.42 Å². The molecule has 0 radical (unpaired) electrons. The second-order valence-corrected chi connectivity index (χ2v) is 8.06. The van der Waals surface area contributed by atoms with Crippen LogP contribution in [0.15, 0.2) is 55.5 Å². The number of thioether (sulfide) groups is 1. The zero-order chi connectivity index (χ0) is 22.0. The molecule has 0 saturated heterocycles. The van der Waals surface area contributed by atoms with E-state index in [-0.39, 0.29) is 17.4 Å². The predicted octanol–water partition coefficient (Wildman–Crippen LogP) is 3.62. The predicted molar refractivity (Wildman–Crippen MR) is 113 cm³/mol. The Balaban J connectivity index is 1.80. The van der Waals surface area contributed by atoms with E-state index < -0.39 is 5.97 Å². The van der Waals surface area contributed by atoms with E-state index in [0.717, 1.165) is 0 Å². The number of carbonyl (C=O) groups excluding carboxylic acids is 1. The van der Waals surface area contributed by atoms with Crippen LogP contribution in [0.4, 0.5) is 0 Å². The summed E-state index contributed by atoms with van der Waals surface area (Å²) in [6.07, 6.45) is 2.21.